The molecule has 0 aliphatic rings. The molecule has 1 aromatic rings. The fourth-order valence-electron chi connectivity index (χ4n) is 0.798. The SMILES string of the molecule is C[N+](C)(C)Sc1ccccc1.[OH-]. The first-order valence-electron chi connectivity index (χ1n) is 3.64. The summed E-state index contributed by atoms with van der Waals surface area (Å²) in [6.45, 7) is 0. The number of benzene rings is 1. The van der Waals surface area contributed by atoms with Crippen molar-refractivity contribution in [3.05, 3.63) is 30.3 Å². The van der Waals surface area contributed by atoms with Crippen LogP contribution in [0.5, 0.6) is 0 Å². The van der Waals surface area contributed by atoms with Gasteiger partial charge in [0.1, 0.15) is 11.9 Å². The molecule has 0 amide bonds. The van der Waals surface area contributed by atoms with E-state index in [1.165, 1.54) is 4.90 Å². The van der Waals surface area contributed by atoms with E-state index in [0.717, 1.165) is 3.89 Å². The van der Waals surface area contributed by atoms with Crippen LogP contribution < -0.4 is 0 Å². The lowest BCUT2D eigenvalue weighted by Gasteiger charge is -2.19. The van der Waals surface area contributed by atoms with E-state index in [4.69, 9.17) is 0 Å². The normalized spacial score (nSPS) is 10.6. The summed E-state index contributed by atoms with van der Waals surface area (Å²) in [5, 5.41) is 0. The van der Waals surface area contributed by atoms with Gasteiger partial charge >= 0.3 is 0 Å². The predicted octanol–water partition coefficient (Wildman–Crippen LogP) is 2.22. The van der Waals surface area contributed by atoms with E-state index in [9.17, 15) is 0 Å². The lowest BCUT2D eigenvalue weighted by Crippen LogP contribution is -2.24. The Labute approximate surface area is 78.2 Å². The van der Waals surface area contributed by atoms with E-state index in [2.05, 4.69) is 45.4 Å². The van der Waals surface area contributed by atoms with Crippen LogP contribution in [0.1, 0.15) is 0 Å². The van der Waals surface area contributed by atoms with Gasteiger partial charge in [-0.15, -0.1) is 0 Å². The van der Waals surface area contributed by atoms with Crippen LogP contribution in [0.3, 0.4) is 0 Å². The third-order valence-corrected chi connectivity index (χ3v) is 2.15. The smallest absolute Gasteiger partial charge is 0.111 e. The molecular weight excluding hydrogens is 170 g/mol. The molecule has 0 unspecified atom stereocenters. The van der Waals surface area contributed by atoms with Crippen LogP contribution >= 0.6 is 11.9 Å². The molecule has 0 heterocycles. The Hall–Kier alpha value is -0.510. The highest BCUT2D eigenvalue weighted by Gasteiger charge is 2.09. The van der Waals surface area contributed by atoms with Gasteiger partial charge in [-0.25, -0.2) is 0 Å². The second kappa shape index (κ2) is 4.50. The van der Waals surface area contributed by atoms with Gasteiger partial charge in [0.25, 0.3) is 0 Å². The summed E-state index contributed by atoms with van der Waals surface area (Å²) in [6, 6.07) is 10.4. The Bertz CT molecular complexity index is 218. The molecule has 3 heteroatoms. The van der Waals surface area contributed by atoms with E-state index < -0.39 is 0 Å². The quantitative estimate of drug-likeness (QED) is 0.522. The second-order valence-electron chi connectivity index (χ2n) is 3.29. The largest absolute Gasteiger partial charge is 0.870 e. The van der Waals surface area contributed by atoms with Gasteiger partial charge in [0.2, 0.25) is 0 Å². The van der Waals surface area contributed by atoms with Crippen LogP contribution in [0.25, 0.3) is 0 Å². The Balaban J connectivity index is 0.00000121. The highest BCUT2D eigenvalue weighted by Crippen LogP contribution is 2.23. The van der Waals surface area contributed by atoms with Crippen molar-refractivity contribution in [3.8, 4) is 0 Å². The summed E-state index contributed by atoms with van der Waals surface area (Å²) in [5.41, 5.74) is 0. The van der Waals surface area contributed by atoms with Crippen molar-refractivity contribution in [2.45, 2.75) is 4.90 Å². The minimum Gasteiger partial charge on any atom is -0.870 e. The molecule has 12 heavy (non-hydrogen) atoms. The molecular formula is C9H15NOS. The molecule has 0 saturated carbocycles. The molecule has 0 aliphatic heterocycles. The van der Waals surface area contributed by atoms with Gasteiger partial charge in [0.05, 0.1) is 26.0 Å². The second-order valence-corrected chi connectivity index (χ2v) is 5.04. The maximum Gasteiger partial charge on any atom is 0.111 e. The first kappa shape index (κ1) is 11.5. The van der Waals surface area contributed by atoms with Crippen molar-refractivity contribution in [1.29, 1.82) is 0 Å². The topological polar surface area (TPSA) is 30.0 Å². The molecule has 1 rings (SSSR count). The van der Waals surface area contributed by atoms with Crippen molar-refractivity contribution in [1.82, 2.24) is 0 Å². The lowest BCUT2D eigenvalue weighted by atomic mass is 10.4. The molecule has 0 radical (unpaired) electrons. The summed E-state index contributed by atoms with van der Waals surface area (Å²) >= 11 is 1.84. The van der Waals surface area contributed by atoms with Gasteiger partial charge in [0, 0.05) is 0 Å². The Morgan fingerprint density at radius 1 is 1.00 bits per heavy atom. The number of rotatable bonds is 2. The fraction of sp³-hybridized carbons (Fsp3) is 0.333. The summed E-state index contributed by atoms with van der Waals surface area (Å²) < 4.78 is 0.907. The first-order chi connectivity index (χ1) is 5.08. The van der Waals surface area contributed by atoms with Crippen LogP contribution in [-0.2, 0) is 0 Å². The van der Waals surface area contributed by atoms with Gasteiger partial charge < -0.3 is 5.48 Å². The van der Waals surface area contributed by atoms with Gasteiger partial charge in [0.15, 0.2) is 0 Å². The fourth-order valence-corrected chi connectivity index (χ4v) is 1.71. The number of hydrogen-bond acceptors (Lipinski definition) is 2. The van der Waals surface area contributed by atoms with Crippen LogP contribution in [0.15, 0.2) is 35.2 Å². The molecule has 1 N–H and O–H groups in total. The van der Waals surface area contributed by atoms with Crippen molar-refractivity contribution in [2.75, 3.05) is 21.1 Å². The molecule has 0 spiro atoms. The molecule has 0 bridgehead atoms. The Morgan fingerprint density at radius 2 is 1.50 bits per heavy atom. The van der Waals surface area contributed by atoms with Crippen LogP contribution in [0.4, 0.5) is 0 Å². The number of nitrogens with zero attached hydrogens (tertiary/aromatic N) is 1. The monoisotopic (exact) mass is 185 g/mol. The minimum absolute atomic E-state index is 0. The zero-order chi connectivity index (χ0) is 8.32. The molecule has 0 aromatic heterocycles. The Morgan fingerprint density at radius 3 is 1.92 bits per heavy atom. The predicted molar refractivity (Wildman–Crippen MR) is 52.3 cm³/mol. The Kier molecular flexibility index (Phi) is 4.31. The molecule has 0 saturated heterocycles. The lowest BCUT2D eigenvalue weighted by molar-refractivity contribution is -0.726. The van der Waals surface area contributed by atoms with Crippen LogP contribution in [-0.4, -0.2) is 30.5 Å². The highest BCUT2D eigenvalue weighted by atomic mass is 32.2. The van der Waals surface area contributed by atoms with Crippen molar-refractivity contribution < 1.29 is 9.36 Å². The van der Waals surface area contributed by atoms with Crippen molar-refractivity contribution >= 4 is 11.9 Å². The maximum atomic E-state index is 2.16. The zero-order valence-electron chi connectivity index (χ0n) is 7.69. The molecule has 2 nitrogen and oxygen atoms in total. The molecule has 0 aliphatic carbocycles. The molecule has 1 aromatic carbocycles. The van der Waals surface area contributed by atoms with Gasteiger partial charge in [-0.3, -0.25) is 3.89 Å². The van der Waals surface area contributed by atoms with Gasteiger partial charge in [-0.05, 0) is 12.1 Å². The zero-order valence-corrected chi connectivity index (χ0v) is 8.51. The summed E-state index contributed by atoms with van der Waals surface area (Å²) in [5.74, 6) is 0. The van der Waals surface area contributed by atoms with Gasteiger partial charge in [-0.2, -0.15) is 0 Å². The van der Waals surface area contributed by atoms with Crippen molar-refractivity contribution in [3.63, 3.8) is 0 Å². The third-order valence-electron chi connectivity index (χ3n) is 1.12. The van der Waals surface area contributed by atoms with E-state index in [-0.39, 0.29) is 5.48 Å². The van der Waals surface area contributed by atoms with Crippen molar-refractivity contribution in [2.24, 2.45) is 0 Å². The van der Waals surface area contributed by atoms with E-state index in [1.807, 2.05) is 18.0 Å². The van der Waals surface area contributed by atoms with E-state index >= 15 is 0 Å². The minimum atomic E-state index is 0. The van der Waals surface area contributed by atoms with Crippen LogP contribution in [0, 0.1) is 0 Å². The molecule has 0 atom stereocenters. The summed E-state index contributed by atoms with van der Waals surface area (Å²) in [7, 11) is 6.49. The molecule has 68 valence electrons. The third kappa shape index (κ3) is 4.38. The maximum absolute atomic E-state index is 2.16. The number of hydrogen-bond donors (Lipinski definition) is 0. The summed E-state index contributed by atoms with van der Waals surface area (Å²) in [6.07, 6.45) is 0. The van der Waals surface area contributed by atoms with Crippen LogP contribution in [0.2, 0.25) is 0 Å². The average Bonchev–Trinajstić information content (AvgIpc) is 1.85. The average molecular weight is 185 g/mol. The summed E-state index contributed by atoms with van der Waals surface area (Å²) in [4.78, 5) is 1.32. The molecule has 0 fully saturated rings. The van der Waals surface area contributed by atoms with Gasteiger partial charge in [-0.1, -0.05) is 18.2 Å². The first-order valence-corrected chi connectivity index (χ1v) is 4.41. The standard InChI is InChI=1S/C9H14NS.H2O/c1-10(2,3)11-9-7-5-4-6-8-9;/h4-8H,1-3H3;1H2/q+1;/p-1. The van der Waals surface area contributed by atoms with E-state index in [0.29, 0.717) is 0 Å². The highest BCUT2D eigenvalue weighted by molar-refractivity contribution is 7.93. The number of quaternary nitrogens is 1. The van der Waals surface area contributed by atoms with E-state index in [1.54, 1.807) is 0 Å².